The molecule has 0 radical (unpaired) electrons. The Balaban J connectivity index is 1.92. The van der Waals surface area contributed by atoms with E-state index in [1.165, 1.54) is 0 Å². The van der Waals surface area contributed by atoms with Crippen molar-refractivity contribution in [2.24, 2.45) is 5.16 Å². The lowest BCUT2D eigenvalue weighted by molar-refractivity contribution is -0.141. The third-order valence-electron chi connectivity index (χ3n) is 3.58. The van der Waals surface area contributed by atoms with Gasteiger partial charge in [-0.05, 0) is 43.2 Å². The molecule has 120 valence electrons. The first-order valence-corrected chi connectivity index (χ1v) is 7.26. The topological polar surface area (TPSA) is 69.2 Å². The second-order valence-electron chi connectivity index (χ2n) is 5.37. The summed E-state index contributed by atoms with van der Waals surface area (Å²) < 4.78 is 10.1. The van der Waals surface area contributed by atoms with Gasteiger partial charge < -0.3 is 19.6 Å². The molecule has 6 nitrogen and oxygen atoms in total. The van der Waals surface area contributed by atoms with Crippen molar-refractivity contribution in [1.29, 1.82) is 0 Å². The van der Waals surface area contributed by atoms with Crippen LogP contribution in [0.1, 0.15) is 25.3 Å². The van der Waals surface area contributed by atoms with Crippen LogP contribution in [-0.2, 0) is 14.4 Å². The number of rotatable bonds is 7. The molecule has 1 aliphatic heterocycles. The highest BCUT2D eigenvalue weighted by molar-refractivity contribution is 6.05. The summed E-state index contributed by atoms with van der Waals surface area (Å²) in [6.07, 6.45) is 1.21. The summed E-state index contributed by atoms with van der Waals surface area (Å²) in [4.78, 5) is 17.6. The van der Waals surface area contributed by atoms with Crippen molar-refractivity contribution in [2.45, 2.75) is 25.4 Å². The van der Waals surface area contributed by atoms with Gasteiger partial charge in [0.15, 0.2) is 0 Å². The summed E-state index contributed by atoms with van der Waals surface area (Å²) in [5.41, 5.74) is 0.733. The third-order valence-corrected chi connectivity index (χ3v) is 3.58. The molecule has 0 spiro atoms. The fraction of sp³-hybridized carbons (Fsp3) is 0.500. The van der Waals surface area contributed by atoms with Crippen molar-refractivity contribution >= 4 is 11.6 Å². The Labute approximate surface area is 130 Å². The summed E-state index contributed by atoms with van der Waals surface area (Å²) in [5.74, 6) is 0.623. The number of ether oxygens (including phenoxy) is 2. The molecule has 0 bridgehead atoms. The Bertz CT molecular complexity index is 542. The molecule has 1 aromatic rings. The molecule has 6 heteroatoms. The molecule has 0 aliphatic carbocycles. The Hall–Kier alpha value is -2.08. The van der Waals surface area contributed by atoms with Gasteiger partial charge in [0, 0.05) is 26.7 Å². The zero-order valence-electron chi connectivity index (χ0n) is 13.2. The van der Waals surface area contributed by atoms with Crippen LogP contribution >= 0.6 is 0 Å². The lowest BCUT2D eigenvalue weighted by Gasteiger charge is -2.20. The summed E-state index contributed by atoms with van der Waals surface area (Å²) in [5, 5.41) is 6.92. The number of amides is 1. The van der Waals surface area contributed by atoms with Gasteiger partial charge in [-0.15, -0.1) is 0 Å². The molecule has 1 unspecified atom stereocenters. The number of nitrogens with zero attached hydrogens (tertiary/aromatic N) is 1. The van der Waals surface area contributed by atoms with Gasteiger partial charge in [-0.25, -0.2) is 0 Å². The van der Waals surface area contributed by atoms with Gasteiger partial charge in [0.1, 0.15) is 5.75 Å². The van der Waals surface area contributed by atoms with E-state index in [-0.39, 0.29) is 5.91 Å². The minimum atomic E-state index is -0.956. The number of nitrogens with one attached hydrogen (secondary N) is 1. The van der Waals surface area contributed by atoms with Crippen molar-refractivity contribution in [3.8, 4) is 5.75 Å². The number of benzene rings is 1. The van der Waals surface area contributed by atoms with E-state index in [0.717, 1.165) is 23.4 Å². The van der Waals surface area contributed by atoms with Crippen LogP contribution in [0.5, 0.6) is 5.75 Å². The molecule has 1 N–H and O–H groups in total. The van der Waals surface area contributed by atoms with E-state index in [0.29, 0.717) is 19.6 Å². The maximum Gasteiger partial charge on any atom is 0.267 e. The zero-order valence-corrected chi connectivity index (χ0v) is 13.2. The minimum absolute atomic E-state index is 0.157. The second kappa shape index (κ2) is 7.26. The van der Waals surface area contributed by atoms with E-state index in [4.69, 9.17) is 14.3 Å². The smallest absolute Gasteiger partial charge is 0.267 e. The fourth-order valence-corrected chi connectivity index (χ4v) is 2.21. The maximum absolute atomic E-state index is 12.2. The van der Waals surface area contributed by atoms with Crippen LogP contribution in [0.3, 0.4) is 0 Å². The van der Waals surface area contributed by atoms with Crippen LogP contribution in [0.25, 0.3) is 0 Å². The van der Waals surface area contributed by atoms with E-state index in [1.807, 2.05) is 24.3 Å². The van der Waals surface area contributed by atoms with Crippen LogP contribution in [0.4, 0.5) is 0 Å². The molecule has 0 fully saturated rings. The first-order valence-electron chi connectivity index (χ1n) is 7.26. The highest BCUT2D eigenvalue weighted by Gasteiger charge is 2.41. The number of oxime groups is 1. The Morgan fingerprint density at radius 2 is 2.09 bits per heavy atom. The fourth-order valence-electron chi connectivity index (χ4n) is 2.21. The molecule has 0 saturated heterocycles. The van der Waals surface area contributed by atoms with E-state index in [1.54, 1.807) is 21.1 Å². The van der Waals surface area contributed by atoms with Crippen molar-refractivity contribution in [3.63, 3.8) is 0 Å². The zero-order chi connectivity index (χ0) is 16.0. The van der Waals surface area contributed by atoms with Crippen LogP contribution in [0.15, 0.2) is 29.4 Å². The standard InChI is InChI=1S/C16H22N2O4/c1-16(15(19)17-9-4-10-20-2)11-14(18-22-16)12-5-7-13(21-3)8-6-12/h5-8H,4,9-11H2,1-3H3,(H,17,19). The lowest BCUT2D eigenvalue weighted by Crippen LogP contribution is -2.45. The summed E-state index contributed by atoms with van der Waals surface area (Å²) in [6, 6.07) is 7.53. The number of carbonyl (C=O) groups excluding carboxylic acids is 1. The van der Waals surface area contributed by atoms with E-state index >= 15 is 0 Å². The predicted octanol–water partition coefficient (Wildman–Crippen LogP) is 1.73. The molecule has 0 saturated carbocycles. The van der Waals surface area contributed by atoms with Crippen molar-refractivity contribution in [1.82, 2.24) is 5.32 Å². The maximum atomic E-state index is 12.2. The van der Waals surface area contributed by atoms with Crippen LogP contribution in [0, 0.1) is 0 Å². The van der Waals surface area contributed by atoms with E-state index in [9.17, 15) is 4.79 Å². The van der Waals surface area contributed by atoms with E-state index < -0.39 is 5.60 Å². The van der Waals surface area contributed by atoms with Gasteiger partial charge in [-0.3, -0.25) is 4.79 Å². The van der Waals surface area contributed by atoms with Gasteiger partial charge in [-0.1, -0.05) is 5.16 Å². The van der Waals surface area contributed by atoms with Crippen LogP contribution < -0.4 is 10.1 Å². The molecule has 1 amide bonds. The molecule has 1 atom stereocenters. The number of hydrogen-bond donors (Lipinski definition) is 1. The monoisotopic (exact) mass is 306 g/mol. The summed E-state index contributed by atoms with van der Waals surface area (Å²) in [6.45, 7) is 2.92. The normalized spacial score (nSPS) is 20.2. The molecule has 1 aromatic carbocycles. The van der Waals surface area contributed by atoms with Gasteiger partial charge in [-0.2, -0.15) is 0 Å². The number of methoxy groups -OCH3 is 2. The Morgan fingerprint density at radius 1 is 1.36 bits per heavy atom. The summed E-state index contributed by atoms with van der Waals surface area (Å²) >= 11 is 0. The Kier molecular flexibility index (Phi) is 5.38. The second-order valence-corrected chi connectivity index (χ2v) is 5.37. The lowest BCUT2D eigenvalue weighted by atomic mass is 9.95. The molecule has 22 heavy (non-hydrogen) atoms. The van der Waals surface area contributed by atoms with Crippen LogP contribution in [0.2, 0.25) is 0 Å². The van der Waals surface area contributed by atoms with Crippen LogP contribution in [-0.4, -0.2) is 44.6 Å². The first-order chi connectivity index (χ1) is 10.6. The first kappa shape index (κ1) is 16.3. The largest absolute Gasteiger partial charge is 0.497 e. The molecule has 0 aromatic heterocycles. The SMILES string of the molecule is COCCCNC(=O)C1(C)CC(c2ccc(OC)cc2)=NO1. The van der Waals surface area contributed by atoms with Crippen molar-refractivity contribution in [3.05, 3.63) is 29.8 Å². The molecule has 1 heterocycles. The molecule has 2 rings (SSSR count). The quantitative estimate of drug-likeness (QED) is 0.779. The van der Waals surface area contributed by atoms with Gasteiger partial charge in [0.2, 0.25) is 5.60 Å². The molecule has 1 aliphatic rings. The van der Waals surface area contributed by atoms with Gasteiger partial charge in [0.25, 0.3) is 5.91 Å². The molecular formula is C16H22N2O4. The van der Waals surface area contributed by atoms with Crippen molar-refractivity contribution in [2.75, 3.05) is 27.4 Å². The predicted molar refractivity (Wildman–Crippen MR) is 83.1 cm³/mol. The Morgan fingerprint density at radius 3 is 2.73 bits per heavy atom. The third kappa shape index (κ3) is 3.76. The average molecular weight is 306 g/mol. The van der Waals surface area contributed by atoms with E-state index in [2.05, 4.69) is 10.5 Å². The van der Waals surface area contributed by atoms with Gasteiger partial charge >= 0.3 is 0 Å². The summed E-state index contributed by atoms with van der Waals surface area (Å²) in [7, 11) is 3.26. The van der Waals surface area contributed by atoms with Crippen molar-refractivity contribution < 1.29 is 19.1 Å². The molecular weight excluding hydrogens is 284 g/mol. The number of carbonyl (C=O) groups is 1. The highest BCUT2D eigenvalue weighted by Crippen LogP contribution is 2.27. The van der Waals surface area contributed by atoms with Gasteiger partial charge in [0.05, 0.1) is 12.8 Å². The average Bonchev–Trinajstić information content (AvgIpc) is 2.95. The number of hydrogen-bond acceptors (Lipinski definition) is 5. The highest BCUT2D eigenvalue weighted by atomic mass is 16.7. The minimum Gasteiger partial charge on any atom is -0.497 e.